The molecule has 1 fully saturated rings. The number of rotatable bonds is 6. The molecule has 1 saturated carbocycles. The zero-order valence-corrected chi connectivity index (χ0v) is 12.3. The van der Waals surface area contributed by atoms with Crippen molar-refractivity contribution in [2.45, 2.75) is 71.8 Å². The fourth-order valence-electron chi connectivity index (χ4n) is 3.27. The molecule has 0 amide bonds. The minimum Gasteiger partial charge on any atom is -0.329 e. The van der Waals surface area contributed by atoms with Crippen LogP contribution in [-0.2, 0) is 0 Å². The van der Waals surface area contributed by atoms with E-state index in [0.717, 1.165) is 19.0 Å². The second-order valence-electron chi connectivity index (χ2n) is 6.44. The molecule has 1 rings (SSSR count). The molecule has 1 atom stereocenters. The largest absolute Gasteiger partial charge is 0.329 e. The molecule has 0 saturated heterocycles. The maximum atomic E-state index is 6.12. The van der Waals surface area contributed by atoms with E-state index < -0.39 is 0 Å². The molecule has 0 bridgehead atoms. The molecular weight excluding hydrogens is 208 g/mol. The fraction of sp³-hybridized carbons (Fsp3) is 1.00. The van der Waals surface area contributed by atoms with Crippen LogP contribution in [0.4, 0.5) is 0 Å². The lowest BCUT2D eigenvalue weighted by molar-refractivity contribution is 0.0646. The number of nitrogens with one attached hydrogen (secondary N) is 1. The molecule has 3 N–H and O–H groups in total. The van der Waals surface area contributed by atoms with Crippen molar-refractivity contribution in [2.24, 2.45) is 17.1 Å². The maximum absolute atomic E-state index is 6.12. The van der Waals surface area contributed by atoms with E-state index in [4.69, 9.17) is 5.73 Å². The normalized spacial score (nSPS) is 28.6. The van der Waals surface area contributed by atoms with Crippen LogP contribution in [0.25, 0.3) is 0 Å². The van der Waals surface area contributed by atoms with Gasteiger partial charge in [-0.2, -0.15) is 0 Å². The molecule has 0 aromatic heterocycles. The van der Waals surface area contributed by atoms with Gasteiger partial charge in [0.05, 0.1) is 0 Å². The van der Waals surface area contributed by atoms with Crippen LogP contribution in [0, 0.1) is 11.3 Å². The Morgan fingerprint density at radius 1 is 1.12 bits per heavy atom. The zero-order chi connectivity index (χ0) is 12.9. The van der Waals surface area contributed by atoms with Crippen molar-refractivity contribution in [3.63, 3.8) is 0 Å². The van der Waals surface area contributed by atoms with Crippen LogP contribution in [0.3, 0.4) is 0 Å². The van der Waals surface area contributed by atoms with Gasteiger partial charge in [-0.1, -0.05) is 53.4 Å². The molecule has 0 aromatic carbocycles. The Balaban J connectivity index is 2.67. The minimum atomic E-state index is 0.174. The van der Waals surface area contributed by atoms with E-state index >= 15 is 0 Å². The Morgan fingerprint density at radius 2 is 1.71 bits per heavy atom. The first kappa shape index (κ1) is 15.0. The zero-order valence-electron chi connectivity index (χ0n) is 12.3. The average Bonchev–Trinajstić information content (AvgIpc) is 2.32. The second-order valence-corrected chi connectivity index (χ2v) is 6.44. The van der Waals surface area contributed by atoms with E-state index in [2.05, 4.69) is 33.0 Å². The van der Waals surface area contributed by atoms with Gasteiger partial charge in [-0.15, -0.1) is 0 Å². The monoisotopic (exact) mass is 240 g/mol. The van der Waals surface area contributed by atoms with Gasteiger partial charge >= 0.3 is 0 Å². The summed E-state index contributed by atoms with van der Waals surface area (Å²) in [5, 5.41) is 3.85. The van der Waals surface area contributed by atoms with Gasteiger partial charge in [0, 0.05) is 12.1 Å². The van der Waals surface area contributed by atoms with Crippen molar-refractivity contribution in [1.82, 2.24) is 5.32 Å². The number of hydrogen-bond acceptors (Lipinski definition) is 2. The SMILES string of the molecule is CCC(CC)CNC1(CN)CCCCC1(C)C. The Hall–Kier alpha value is -0.0800. The van der Waals surface area contributed by atoms with Crippen LogP contribution >= 0.6 is 0 Å². The molecular formula is C15H32N2. The quantitative estimate of drug-likeness (QED) is 0.747. The van der Waals surface area contributed by atoms with Gasteiger partial charge in [0.25, 0.3) is 0 Å². The van der Waals surface area contributed by atoms with Gasteiger partial charge < -0.3 is 11.1 Å². The molecule has 2 nitrogen and oxygen atoms in total. The molecule has 1 unspecified atom stereocenters. The minimum absolute atomic E-state index is 0.174. The summed E-state index contributed by atoms with van der Waals surface area (Å²) in [5.74, 6) is 0.802. The van der Waals surface area contributed by atoms with Gasteiger partial charge in [0.2, 0.25) is 0 Å². The van der Waals surface area contributed by atoms with Gasteiger partial charge in [-0.3, -0.25) is 0 Å². The Kier molecular flexibility index (Phi) is 5.46. The molecule has 0 spiro atoms. The molecule has 0 aliphatic heterocycles. The van der Waals surface area contributed by atoms with Crippen molar-refractivity contribution >= 4 is 0 Å². The van der Waals surface area contributed by atoms with E-state index in [-0.39, 0.29) is 5.54 Å². The summed E-state index contributed by atoms with van der Waals surface area (Å²) in [6.45, 7) is 11.3. The van der Waals surface area contributed by atoms with Gasteiger partial charge in [0.15, 0.2) is 0 Å². The van der Waals surface area contributed by atoms with Crippen molar-refractivity contribution < 1.29 is 0 Å². The third kappa shape index (κ3) is 3.23. The Morgan fingerprint density at radius 3 is 2.18 bits per heavy atom. The highest BCUT2D eigenvalue weighted by molar-refractivity contribution is 5.03. The molecule has 0 aromatic rings. The van der Waals surface area contributed by atoms with Gasteiger partial charge in [-0.25, -0.2) is 0 Å². The highest BCUT2D eigenvalue weighted by atomic mass is 15.0. The Bertz CT molecular complexity index is 221. The Labute approximate surface area is 108 Å². The second kappa shape index (κ2) is 6.19. The summed E-state index contributed by atoms with van der Waals surface area (Å²) in [6.07, 6.45) is 7.78. The third-order valence-electron chi connectivity index (χ3n) is 5.18. The van der Waals surface area contributed by atoms with Crippen LogP contribution in [0.15, 0.2) is 0 Å². The average molecular weight is 240 g/mol. The predicted octanol–water partition coefficient (Wildman–Crippen LogP) is 3.31. The highest BCUT2D eigenvalue weighted by Gasteiger charge is 2.45. The summed E-state index contributed by atoms with van der Waals surface area (Å²) >= 11 is 0. The van der Waals surface area contributed by atoms with Gasteiger partial charge in [-0.05, 0) is 30.7 Å². The molecule has 1 aliphatic rings. The summed E-state index contributed by atoms with van der Waals surface area (Å²) in [5.41, 5.74) is 6.63. The third-order valence-corrected chi connectivity index (χ3v) is 5.18. The van der Waals surface area contributed by atoms with E-state index in [9.17, 15) is 0 Å². The molecule has 1 aliphatic carbocycles. The number of nitrogens with two attached hydrogens (primary N) is 1. The summed E-state index contributed by atoms with van der Waals surface area (Å²) in [6, 6.07) is 0. The van der Waals surface area contributed by atoms with Crippen molar-refractivity contribution in [3.05, 3.63) is 0 Å². The standard InChI is InChI=1S/C15H32N2/c1-5-13(6-2)11-17-15(12-16)10-8-7-9-14(15,3)4/h13,17H,5-12,16H2,1-4H3. The highest BCUT2D eigenvalue weighted by Crippen LogP contribution is 2.43. The molecule has 2 heteroatoms. The van der Waals surface area contributed by atoms with E-state index in [1.807, 2.05) is 0 Å². The smallest absolute Gasteiger partial charge is 0.0355 e. The topological polar surface area (TPSA) is 38.0 Å². The molecule has 0 radical (unpaired) electrons. The van der Waals surface area contributed by atoms with E-state index in [0.29, 0.717) is 5.41 Å². The van der Waals surface area contributed by atoms with Gasteiger partial charge in [0.1, 0.15) is 0 Å². The van der Waals surface area contributed by atoms with Crippen molar-refractivity contribution in [1.29, 1.82) is 0 Å². The van der Waals surface area contributed by atoms with E-state index in [1.54, 1.807) is 0 Å². The van der Waals surface area contributed by atoms with Crippen LogP contribution < -0.4 is 11.1 Å². The molecule has 102 valence electrons. The van der Waals surface area contributed by atoms with E-state index in [1.165, 1.54) is 38.5 Å². The lowest BCUT2D eigenvalue weighted by atomic mass is 9.63. The summed E-state index contributed by atoms with van der Waals surface area (Å²) in [4.78, 5) is 0. The summed E-state index contributed by atoms with van der Waals surface area (Å²) in [7, 11) is 0. The maximum Gasteiger partial charge on any atom is 0.0355 e. The van der Waals surface area contributed by atoms with Crippen LogP contribution in [0.5, 0.6) is 0 Å². The first-order valence-electron chi connectivity index (χ1n) is 7.46. The lowest BCUT2D eigenvalue weighted by Gasteiger charge is -2.51. The van der Waals surface area contributed by atoms with Crippen molar-refractivity contribution in [3.8, 4) is 0 Å². The van der Waals surface area contributed by atoms with Crippen LogP contribution in [-0.4, -0.2) is 18.6 Å². The first-order chi connectivity index (χ1) is 8.01. The van der Waals surface area contributed by atoms with Crippen LogP contribution in [0.1, 0.15) is 66.2 Å². The van der Waals surface area contributed by atoms with Crippen molar-refractivity contribution in [2.75, 3.05) is 13.1 Å². The van der Waals surface area contributed by atoms with Crippen LogP contribution in [0.2, 0.25) is 0 Å². The molecule has 0 heterocycles. The summed E-state index contributed by atoms with van der Waals surface area (Å²) < 4.78 is 0. The predicted molar refractivity (Wildman–Crippen MR) is 76.1 cm³/mol. The fourth-order valence-corrected chi connectivity index (χ4v) is 3.27. The molecule has 17 heavy (non-hydrogen) atoms. The number of hydrogen-bond donors (Lipinski definition) is 2. The lowest BCUT2D eigenvalue weighted by Crippen LogP contribution is -2.62. The first-order valence-corrected chi connectivity index (χ1v) is 7.46.